The van der Waals surface area contributed by atoms with Gasteiger partial charge < -0.3 is 15.1 Å². The maximum Gasteiger partial charge on any atom is 0.254 e. The van der Waals surface area contributed by atoms with Crippen molar-refractivity contribution >= 4 is 17.5 Å². The molecule has 0 aliphatic heterocycles. The van der Waals surface area contributed by atoms with Gasteiger partial charge in [-0.3, -0.25) is 9.59 Å². The summed E-state index contributed by atoms with van der Waals surface area (Å²) in [5.41, 5.74) is 1.56. The summed E-state index contributed by atoms with van der Waals surface area (Å²) >= 11 is 0. The predicted molar refractivity (Wildman–Crippen MR) is 75.4 cm³/mol. The molecule has 0 bridgehead atoms. The molecule has 0 aliphatic carbocycles. The molecule has 1 aromatic heterocycles. The number of benzene rings is 1. The molecule has 0 radical (unpaired) electrons. The summed E-state index contributed by atoms with van der Waals surface area (Å²) in [6, 6.07) is 10.1. The fraction of sp³-hybridized carbons (Fsp3) is 0.133. The van der Waals surface area contributed by atoms with E-state index in [1.54, 1.807) is 30.3 Å². The summed E-state index contributed by atoms with van der Waals surface area (Å²) in [5.74, 6) is -0.498. The third-order valence-corrected chi connectivity index (χ3v) is 2.72. The second-order valence-corrected chi connectivity index (χ2v) is 4.26. The van der Waals surface area contributed by atoms with Gasteiger partial charge in [0.2, 0.25) is 5.91 Å². The molecule has 6 heteroatoms. The Morgan fingerprint density at radius 3 is 2.57 bits per heavy atom. The van der Waals surface area contributed by atoms with Crippen LogP contribution in [0.25, 0.3) is 0 Å². The van der Waals surface area contributed by atoms with Crippen molar-refractivity contribution in [2.24, 2.45) is 0 Å². The van der Waals surface area contributed by atoms with Crippen LogP contribution in [0.5, 0.6) is 0 Å². The minimum Gasteiger partial charge on any atom is -0.472 e. The molecule has 0 fully saturated rings. The lowest BCUT2D eigenvalue weighted by Gasteiger charge is -2.06. The van der Waals surface area contributed by atoms with Crippen molar-refractivity contribution in [1.82, 2.24) is 5.32 Å². The molecule has 2 aromatic rings. The van der Waals surface area contributed by atoms with Gasteiger partial charge in [0, 0.05) is 18.7 Å². The third kappa shape index (κ3) is 4.21. The number of anilines is 1. The molecule has 0 aliphatic rings. The van der Waals surface area contributed by atoms with Gasteiger partial charge in [0.25, 0.3) is 5.91 Å². The van der Waals surface area contributed by atoms with Crippen LogP contribution in [0.4, 0.5) is 5.69 Å². The average Bonchev–Trinajstić information content (AvgIpc) is 3.02. The first-order chi connectivity index (χ1) is 10.2. The molecule has 6 nitrogen and oxygen atoms in total. The van der Waals surface area contributed by atoms with Crippen LogP contribution in [0.1, 0.15) is 22.3 Å². The van der Waals surface area contributed by atoms with E-state index in [-0.39, 0.29) is 24.8 Å². The number of amides is 2. The van der Waals surface area contributed by atoms with E-state index in [9.17, 15) is 9.59 Å². The Kier molecular flexibility index (Phi) is 4.72. The lowest BCUT2D eigenvalue weighted by atomic mass is 10.2. The largest absolute Gasteiger partial charge is 0.472 e. The highest BCUT2D eigenvalue weighted by molar-refractivity contribution is 5.95. The standard InChI is InChI=1S/C15H13N3O3/c16-9-11-1-3-13(4-2-11)18-14(19)5-7-17-15(20)12-6-8-21-10-12/h1-4,6,8,10H,5,7H2,(H,17,20)(H,18,19). The quantitative estimate of drug-likeness (QED) is 0.876. The van der Waals surface area contributed by atoms with Crippen molar-refractivity contribution in [2.75, 3.05) is 11.9 Å². The molecule has 0 atom stereocenters. The number of carbonyl (C=O) groups is 2. The minimum atomic E-state index is -0.282. The molecule has 1 aromatic carbocycles. The van der Waals surface area contributed by atoms with Gasteiger partial charge >= 0.3 is 0 Å². The van der Waals surface area contributed by atoms with E-state index in [2.05, 4.69) is 10.6 Å². The molecule has 2 rings (SSSR count). The number of nitrogens with zero attached hydrogens (tertiary/aromatic N) is 1. The first-order valence-corrected chi connectivity index (χ1v) is 6.29. The Balaban J connectivity index is 1.74. The Bertz CT molecular complexity index is 654. The summed E-state index contributed by atoms with van der Waals surface area (Å²) < 4.78 is 4.80. The lowest BCUT2D eigenvalue weighted by molar-refractivity contribution is -0.116. The van der Waals surface area contributed by atoms with E-state index < -0.39 is 0 Å². The van der Waals surface area contributed by atoms with Gasteiger partial charge in [-0.25, -0.2) is 0 Å². The van der Waals surface area contributed by atoms with Gasteiger partial charge in [-0.2, -0.15) is 5.26 Å². The van der Waals surface area contributed by atoms with E-state index >= 15 is 0 Å². The number of hydrogen-bond acceptors (Lipinski definition) is 4. The van der Waals surface area contributed by atoms with Crippen molar-refractivity contribution in [3.8, 4) is 6.07 Å². The topological polar surface area (TPSA) is 95.1 Å². The van der Waals surface area contributed by atoms with E-state index in [4.69, 9.17) is 9.68 Å². The fourth-order valence-electron chi connectivity index (χ4n) is 1.64. The Morgan fingerprint density at radius 2 is 1.95 bits per heavy atom. The maximum absolute atomic E-state index is 11.7. The molecule has 0 unspecified atom stereocenters. The third-order valence-electron chi connectivity index (χ3n) is 2.72. The van der Waals surface area contributed by atoms with Crippen molar-refractivity contribution < 1.29 is 14.0 Å². The van der Waals surface area contributed by atoms with Crippen LogP contribution in [0.15, 0.2) is 47.3 Å². The molecule has 0 saturated carbocycles. The van der Waals surface area contributed by atoms with Crippen LogP contribution in [0.2, 0.25) is 0 Å². The number of nitrogens with one attached hydrogen (secondary N) is 2. The zero-order valence-electron chi connectivity index (χ0n) is 11.1. The molecule has 2 amide bonds. The second-order valence-electron chi connectivity index (χ2n) is 4.26. The van der Waals surface area contributed by atoms with Gasteiger partial charge in [0.05, 0.1) is 23.5 Å². The molecular formula is C15H13N3O3. The highest BCUT2D eigenvalue weighted by atomic mass is 16.3. The van der Waals surface area contributed by atoms with Crippen molar-refractivity contribution in [3.63, 3.8) is 0 Å². The average molecular weight is 283 g/mol. The summed E-state index contributed by atoms with van der Waals surface area (Å²) in [7, 11) is 0. The normalized spacial score (nSPS) is 9.67. The monoisotopic (exact) mass is 283 g/mol. The van der Waals surface area contributed by atoms with Gasteiger partial charge in [0.1, 0.15) is 6.26 Å². The summed E-state index contributed by atoms with van der Waals surface area (Å²) in [5, 5.41) is 14.0. The first kappa shape index (κ1) is 14.3. The minimum absolute atomic E-state index is 0.156. The molecule has 21 heavy (non-hydrogen) atoms. The van der Waals surface area contributed by atoms with Crippen LogP contribution in [-0.2, 0) is 4.79 Å². The fourth-order valence-corrected chi connectivity index (χ4v) is 1.64. The molecule has 0 saturated heterocycles. The van der Waals surface area contributed by atoms with Gasteiger partial charge in [-0.05, 0) is 30.3 Å². The SMILES string of the molecule is N#Cc1ccc(NC(=O)CCNC(=O)c2ccoc2)cc1. The maximum atomic E-state index is 11.7. The van der Waals surface area contributed by atoms with Gasteiger partial charge in [0.15, 0.2) is 0 Å². The zero-order valence-corrected chi connectivity index (χ0v) is 11.1. The molecule has 1 heterocycles. The van der Waals surface area contributed by atoms with Crippen LogP contribution in [0, 0.1) is 11.3 Å². The van der Waals surface area contributed by atoms with Gasteiger partial charge in [-0.15, -0.1) is 0 Å². The van der Waals surface area contributed by atoms with E-state index in [1.165, 1.54) is 12.5 Å². The van der Waals surface area contributed by atoms with Crippen LogP contribution < -0.4 is 10.6 Å². The molecule has 0 spiro atoms. The van der Waals surface area contributed by atoms with Crippen molar-refractivity contribution in [3.05, 3.63) is 54.0 Å². The summed E-state index contributed by atoms with van der Waals surface area (Å²) in [6.45, 7) is 0.228. The highest BCUT2D eigenvalue weighted by Gasteiger charge is 2.07. The predicted octanol–water partition coefficient (Wildman–Crippen LogP) is 1.91. The van der Waals surface area contributed by atoms with Crippen LogP contribution in [-0.4, -0.2) is 18.4 Å². The van der Waals surface area contributed by atoms with Crippen molar-refractivity contribution in [1.29, 1.82) is 5.26 Å². The molecular weight excluding hydrogens is 270 g/mol. The lowest BCUT2D eigenvalue weighted by Crippen LogP contribution is -2.27. The van der Waals surface area contributed by atoms with Crippen LogP contribution in [0.3, 0.4) is 0 Å². The zero-order chi connectivity index (χ0) is 15.1. The Morgan fingerprint density at radius 1 is 1.19 bits per heavy atom. The van der Waals surface area contributed by atoms with E-state index in [1.807, 2.05) is 6.07 Å². The van der Waals surface area contributed by atoms with E-state index in [0.717, 1.165) is 0 Å². The summed E-state index contributed by atoms with van der Waals surface area (Å²) in [6.07, 6.45) is 2.91. The smallest absolute Gasteiger partial charge is 0.254 e. The Hall–Kier alpha value is -3.07. The number of nitriles is 1. The van der Waals surface area contributed by atoms with E-state index in [0.29, 0.717) is 16.8 Å². The van der Waals surface area contributed by atoms with Crippen LogP contribution >= 0.6 is 0 Å². The number of rotatable bonds is 5. The number of hydrogen-bond donors (Lipinski definition) is 2. The molecule has 2 N–H and O–H groups in total. The molecule has 106 valence electrons. The second kappa shape index (κ2) is 6.91. The van der Waals surface area contributed by atoms with Crippen molar-refractivity contribution in [2.45, 2.75) is 6.42 Å². The summed E-state index contributed by atoms with van der Waals surface area (Å²) in [4.78, 5) is 23.3. The highest BCUT2D eigenvalue weighted by Crippen LogP contribution is 2.08. The Labute approximate surface area is 121 Å². The number of furan rings is 1. The number of carbonyl (C=O) groups excluding carboxylic acids is 2. The first-order valence-electron chi connectivity index (χ1n) is 6.29. The van der Waals surface area contributed by atoms with Gasteiger partial charge in [-0.1, -0.05) is 0 Å².